The molecule has 3 heteroatoms. The first-order valence-corrected chi connectivity index (χ1v) is 5.17. The molecule has 0 aromatic heterocycles. The Morgan fingerprint density at radius 3 is 2.57 bits per heavy atom. The molecule has 0 saturated carbocycles. The van der Waals surface area contributed by atoms with Gasteiger partial charge in [0.1, 0.15) is 5.75 Å². The second-order valence-electron chi connectivity index (χ2n) is 3.40. The van der Waals surface area contributed by atoms with E-state index in [4.69, 9.17) is 4.74 Å². The minimum atomic E-state index is -0.563. The van der Waals surface area contributed by atoms with Crippen LogP contribution >= 0.6 is 12.6 Å². The highest BCUT2D eigenvalue weighted by Gasteiger charge is 2.14. The molecule has 1 aromatic rings. The summed E-state index contributed by atoms with van der Waals surface area (Å²) in [4.78, 5) is 0. The van der Waals surface area contributed by atoms with Crippen LogP contribution in [0.2, 0.25) is 0 Å². The van der Waals surface area contributed by atoms with E-state index < -0.39 is 6.10 Å². The number of aryl methyl sites for hydroxylation is 2. The van der Waals surface area contributed by atoms with E-state index in [0.29, 0.717) is 5.75 Å². The van der Waals surface area contributed by atoms with Crippen LogP contribution in [0.4, 0.5) is 0 Å². The van der Waals surface area contributed by atoms with Crippen LogP contribution in [0.3, 0.4) is 0 Å². The summed E-state index contributed by atoms with van der Waals surface area (Å²) in [6.07, 6.45) is -0.563. The fourth-order valence-corrected chi connectivity index (χ4v) is 1.81. The molecule has 0 fully saturated rings. The molecule has 2 nitrogen and oxygen atoms in total. The Kier molecular flexibility index (Phi) is 3.84. The summed E-state index contributed by atoms with van der Waals surface area (Å²) in [7, 11) is 1.62. The number of hydrogen-bond acceptors (Lipinski definition) is 3. The maximum absolute atomic E-state index is 9.73. The van der Waals surface area contributed by atoms with Crippen molar-refractivity contribution in [3.8, 4) is 5.75 Å². The average molecular weight is 212 g/mol. The van der Waals surface area contributed by atoms with Gasteiger partial charge < -0.3 is 9.84 Å². The Balaban J connectivity index is 3.24. The number of thiol groups is 1. The number of benzene rings is 1. The summed E-state index contributed by atoms with van der Waals surface area (Å²) in [6, 6.07) is 3.97. The Labute approximate surface area is 90.3 Å². The van der Waals surface area contributed by atoms with Crippen LogP contribution in [-0.4, -0.2) is 18.0 Å². The van der Waals surface area contributed by atoms with Crippen LogP contribution in [-0.2, 0) is 0 Å². The van der Waals surface area contributed by atoms with E-state index in [1.165, 1.54) is 0 Å². The van der Waals surface area contributed by atoms with Gasteiger partial charge in [-0.3, -0.25) is 0 Å². The third-order valence-electron chi connectivity index (χ3n) is 2.18. The van der Waals surface area contributed by atoms with Crippen molar-refractivity contribution >= 4 is 12.6 Å². The quantitative estimate of drug-likeness (QED) is 0.753. The predicted molar refractivity (Wildman–Crippen MR) is 61.3 cm³/mol. The van der Waals surface area contributed by atoms with Crippen molar-refractivity contribution in [1.82, 2.24) is 0 Å². The van der Waals surface area contributed by atoms with Crippen molar-refractivity contribution in [2.24, 2.45) is 0 Å². The van der Waals surface area contributed by atoms with Crippen molar-refractivity contribution in [3.05, 3.63) is 28.8 Å². The average Bonchev–Trinajstić information content (AvgIpc) is 2.15. The molecule has 1 atom stereocenters. The summed E-state index contributed by atoms with van der Waals surface area (Å²) >= 11 is 4.08. The lowest BCUT2D eigenvalue weighted by atomic mass is 10.0. The van der Waals surface area contributed by atoms with Gasteiger partial charge in [0.25, 0.3) is 0 Å². The van der Waals surface area contributed by atoms with Gasteiger partial charge in [0.05, 0.1) is 13.2 Å². The van der Waals surface area contributed by atoms with Crippen molar-refractivity contribution in [1.29, 1.82) is 0 Å². The van der Waals surface area contributed by atoms with Crippen LogP contribution in [0.25, 0.3) is 0 Å². The SMILES string of the molecule is COc1c(C)cc(C)cc1C(O)CS. The molecule has 0 spiro atoms. The summed E-state index contributed by atoms with van der Waals surface area (Å²) in [5.41, 5.74) is 2.99. The number of hydrogen-bond donors (Lipinski definition) is 2. The number of methoxy groups -OCH3 is 1. The molecule has 0 amide bonds. The molecule has 1 aromatic carbocycles. The van der Waals surface area contributed by atoms with E-state index >= 15 is 0 Å². The van der Waals surface area contributed by atoms with E-state index in [9.17, 15) is 5.11 Å². The minimum absolute atomic E-state index is 0.402. The summed E-state index contributed by atoms with van der Waals surface area (Å²) in [6.45, 7) is 3.97. The number of ether oxygens (including phenoxy) is 1. The molecule has 1 N–H and O–H groups in total. The van der Waals surface area contributed by atoms with Gasteiger partial charge in [0.2, 0.25) is 0 Å². The normalized spacial score (nSPS) is 12.6. The van der Waals surface area contributed by atoms with Crippen molar-refractivity contribution in [2.45, 2.75) is 20.0 Å². The Morgan fingerprint density at radius 1 is 1.43 bits per heavy atom. The molecule has 0 bridgehead atoms. The highest BCUT2D eigenvalue weighted by molar-refractivity contribution is 7.80. The van der Waals surface area contributed by atoms with Crippen LogP contribution in [0.5, 0.6) is 5.75 Å². The fourth-order valence-electron chi connectivity index (χ4n) is 1.61. The lowest BCUT2D eigenvalue weighted by Gasteiger charge is -2.16. The van der Waals surface area contributed by atoms with Gasteiger partial charge in [-0.25, -0.2) is 0 Å². The van der Waals surface area contributed by atoms with Crippen molar-refractivity contribution < 1.29 is 9.84 Å². The molecule has 1 unspecified atom stereocenters. The van der Waals surface area contributed by atoms with E-state index in [-0.39, 0.29) is 0 Å². The maximum atomic E-state index is 9.73. The molecule has 0 aliphatic carbocycles. The van der Waals surface area contributed by atoms with Gasteiger partial charge in [0, 0.05) is 11.3 Å². The Bertz CT molecular complexity index is 323. The molecule has 0 saturated heterocycles. The smallest absolute Gasteiger partial charge is 0.127 e. The third kappa shape index (κ3) is 2.22. The second-order valence-corrected chi connectivity index (χ2v) is 3.77. The second kappa shape index (κ2) is 4.71. The molecule has 0 aliphatic rings. The number of aliphatic hydroxyl groups excluding tert-OH is 1. The molecule has 78 valence electrons. The molecule has 0 radical (unpaired) electrons. The van der Waals surface area contributed by atoms with Crippen LogP contribution in [0.15, 0.2) is 12.1 Å². The molecular weight excluding hydrogens is 196 g/mol. The monoisotopic (exact) mass is 212 g/mol. The van der Waals surface area contributed by atoms with Crippen LogP contribution in [0, 0.1) is 13.8 Å². The van der Waals surface area contributed by atoms with Gasteiger partial charge in [-0.2, -0.15) is 12.6 Å². The Hall–Kier alpha value is -0.670. The number of rotatable bonds is 3. The first-order valence-electron chi connectivity index (χ1n) is 4.54. The zero-order valence-electron chi connectivity index (χ0n) is 8.74. The molecular formula is C11H16O2S. The highest BCUT2D eigenvalue weighted by Crippen LogP contribution is 2.30. The Morgan fingerprint density at radius 2 is 2.07 bits per heavy atom. The van der Waals surface area contributed by atoms with Crippen LogP contribution in [0.1, 0.15) is 22.8 Å². The van der Waals surface area contributed by atoms with Gasteiger partial charge in [-0.1, -0.05) is 11.6 Å². The molecule has 1 rings (SSSR count). The van der Waals surface area contributed by atoms with Crippen LogP contribution < -0.4 is 4.74 Å². The first-order chi connectivity index (χ1) is 6.60. The summed E-state index contributed by atoms with van der Waals surface area (Å²) < 4.78 is 5.26. The van der Waals surface area contributed by atoms with Gasteiger partial charge >= 0.3 is 0 Å². The van der Waals surface area contributed by atoms with E-state index in [0.717, 1.165) is 22.4 Å². The van der Waals surface area contributed by atoms with Gasteiger partial charge in [-0.15, -0.1) is 0 Å². The van der Waals surface area contributed by atoms with E-state index in [1.807, 2.05) is 26.0 Å². The minimum Gasteiger partial charge on any atom is -0.496 e. The van der Waals surface area contributed by atoms with E-state index in [2.05, 4.69) is 12.6 Å². The van der Waals surface area contributed by atoms with Gasteiger partial charge in [0.15, 0.2) is 0 Å². The third-order valence-corrected chi connectivity index (χ3v) is 2.53. The predicted octanol–water partition coefficient (Wildman–Crippen LogP) is 2.28. The van der Waals surface area contributed by atoms with E-state index in [1.54, 1.807) is 7.11 Å². The topological polar surface area (TPSA) is 29.5 Å². The van der Waals surface area contributed by atoms with Crippen molar-refractivity contribution in [3.63, 3.8) is 0 Å². The molecule has 0 heterocycles. The summed E-state index contributed by atoms with van der Waals surface area (Å²) in [5.74, 6) is 1.16. The highest BCUT2D eigenvalue weighted by atomic mass is 32.1. The lowest BCUT2D eigenvalue weighted by molar-refractivity contribution is 0.199. The maximum Gasteiger partial charge on any atom is 0.127 e. The standard InChI is InChI=1S/C11H16O2S/c1-7-4-8(2)11(13-3)9(5-7)10(12)6-14/h4-5,10,12,14H,6H2,1-3H3. The zero-order chi connectivity index (χ0) is 10.7. The zero-order valence-corrected chi connectivity index (χ0v) is 9.64. The largest absolute Gasteiger partial charge is 0.496 e. The summed E-state index contributed by atoms with van der Waals surface area (Å²) in [5, 5.41) is 9.73. The fraction of sp³-hybridized carbons (Fsp3) is 0.455. The molecule has 14 heavy (non-hydrogen) atoms. The van der Waals surface area contributed by atoms with Gasteiger partial charge in [-0.05, 0) is 25.5 Å². The van der Waals surface area contributed by atoms with Crippen molar-refractivity contribution in [2.75, 3.05) is 12.9 Å². The lowest BCUT2D eigenvalue weighted by Crippen LogP contribution is -2.03. The number of aliphatic hydroxyl groups is 1. The first kappa shape index (κ1) is 11.4. The molecule has 0 aliphatic heterocycles.